The average molecular weight is 383 g/mol. The molecular formula is C16H17NO10. The van der Waals surface area contributed by atoms with Gasteiger partial charge in [0.25, 0.3) is 5.69 Å². The molecule has 11 heteroatoms. The molecule has 11 nitrogen and oxygen atoms in total. The van der Waals surface area contributed by atoms with Gasteiger partial charge in [-0.25, -0.2) is 4.79 Å². The van der Waals surface area contributed by atoms with Crippen LogP contribution in [0.1, 0.15) is 19.8 Å². The van der Waals surface area contributed by atoms with Gasteiger partial charge in [0.1, 0.15) is 18.0 Å². The van der Waals surface area contributed by atoms with Gasteiger partial charge in [0.15, 0.2) is 0 Å². The second-order valence-corrected chi connectivity index (χ2v) is 5.49. The Kier molecular flexibility index (Phi) is 6.66. The Morgan fingerprint density at radius 3 is 2.44 bits per heavy atom. The minimum atomic E-state index is -1.12. The number of carbonyl (C=O) groups is 3. The summed E-state index contributed by atoms with van der Waals surface area (Å²) in [4.78, 5) is 44.4. The first-order chi connectivity index (χ1) is 12.8. The van der Waals surface area contributed by atoms with E-state index in [9.17, 15) is 24.5 Å². The Labute approximate surface area is 153 Å². The van der Waals surface area contributed by atoms with Crippen LogP contribution in [0.25, 0.3) is 0 Å². The highest BCUT2D eigenvalue weighted by Crippen LogP contribution is 2.27. The van der Waals surface area contributed by atoms with E-state index < -0.39 is 41.5 Å². The molecule has 1 saturated heterocycles. The molecule has 146 valence electrons. The third-order valence-corrected chi connectivity index (χ3v) is 3.56. The number of rotatable bonds is 6. The lowest BCUT2D eigenvalue weighted by Crippen LogP contribution is -2.29. The lowest BCUT2D eigenvalue weighted by Gasteiger charge is -2.16. The molecule has 1 heterocycles. The summed E-state index contributed by atoms with van der Waals surface area (Å²) in [5, 5.41) is 10.6. The van der Waals surface area contributed by atoms with Gasteiger partial charge in [0.05, 0.1) is 24.9 Å². The van der Waals surface area contributed by atoms with Crippen molar-refractivity contribution in [1.82, 2.24) is 0 Å². The number of methoxy groups -OCH3 is 1. The molecule has 0 aromatic heterocycles. The van der Waals surface area contributed by atoms with E-state index in [1.165, 1.54) is 26.2 Å². The van der Waals surface area contributed by atoms with E-state index in [1.54, 1.807) is 0 Å². The summed E-state index contributed by atoms with van der Waals surface area (Å²) in [7, 11) is 1.20. The summed E-state index contributed by atoms with van der Waals surface area (Å²) in [6, 6.07) is 4.79. The summed E-state index contributed by atoms with van der Waals surface area (Å²) in [5.41, 5.74) is -0.162. The van der Waals surface area contributed by atoms with Crippen molar-refractivity contribution in [3.05, 3.63) is 34.4 Å². The Balaban J connectivity index is 1.93. The van der Waals surface area contributed by atoms with Crippen LogP contribution in [0.2, 0.25) is 0 Å². The van der Waals surface area contributed by atoms with Gasteiger partial charge in [-0.05, 0) is 12.1 Å². The quantitative estimate of drug-likeness (QED) is 0.234. The van der Waals surface area contributed by atoms with E-state index in [4.69, 9.17) is 18.9 Å². The molecule has 0 amide bonds. The van der Waals surface area contributed by atoms with Crippen molar-refractivity contribution in [3.63, 3.8) is 0 Å². The van der Waals surface area contributed by atoms with E-state index >= 15 is 0 Å². The van der Waals surface area contributed by atoms with Crippen molar-refractivity contribution in [2.24, 2.45) is 0 Å². The van der Waals surface area contributed by atoms with Crippen LogP contribution in [-0.4, -0.2) is 48.6 Å². The van der Waals surface area contributed by atoms with Crippen LogP contribution >= 0.6 is 0 Å². The lowest BCUT2D eigenvalue weighted by atomic mass is 10.1. The molecule has 0 bridgehead atoms. The molecule has 1 aromatic carbocycles. The zero-order chi connectivity index (χ0) is 20.0. The van der Waals surface area contributed by atoms with Crippen LogP contribution in [-0.2, 0) is 28.5 Å². The van der Waals surface area contributed by atoms with Gasteiger partial charge < -0.3 is 23.7 Å². The second-order valence-electron chi connectivity index (χ2n) is 5.49. The zero-order valence-corrected chi connectivity index (χ0v) is 14.5. The largest absolute Gasteiger partial charge is 0.516 e. The maximum absolute atomic E-state index is 11.8. The lowest BCUT2D eigenvalue weighted by molar-refractivity contribution is -0.384. The molecule has 0 radical (unpaired) electrons. The highest BCUT2D eigenvalue weighted by Gasteiger charge is 2.41. The molecular weight excluding hydrogens is 366 g/mol. The first-order valence-electron chi connectivity index (χ1n) is 7.81. The van der Waals surface area contributed by atoms with Crippen molar-refractivity contribution in [2.45, 2.75) is 38.3 Å². The fraction of sp³-hybridized carbons (Fsp3) is 0.438. The SMILES string of the molecule is COC(=O)C[C@@H]1O[C@H](OC(=O)Oc2ccc([N+](=O)[O-])cc2)C[C@H]1OC(C)=O. The Morgan fingerprint density at radius 2 is 1.89 bits per heavy atom. The molecule has 0 aliphatic carbocycles. The number of nitrogens with zero attached hydrogens (tertiary/aromatic N) is 1. The predicted octanol–water partition coefficient (Wildman–Crippen LogP) is 1.72. The van der Waals surface area contributed by atoms with Crippen LogP contribution in [0.3, 0.4) is 0 Å². The summed E-state index contributed by atoms with van der Waals surface area (Å²) < 4.78 is 24.9. The predicted molar refractivity (Wildman–Crippen MR) is 85.7 cm³/mol. The standard InChI is InChI=1S/C16H17NO10/c1-9(18)24-13-8-15(26-12(13)7-14(19)23-2)27-16(20)25-11-5-3-10(4-6-11)17(21)22/h3-6,12-13,15H,7-8H2,1-2H3/t12-,13+,15+/m0/s1. The van der Waals surface area contributed by atoms with E-state index in [0.717, 1.165) is 12.1 Å². The number of nitro benzene ring substituents is 1. The van der Waals surface area contributed by atoms with E-state index in [-0.39, 0.29) is 24.3 Å². The van der Waals surface area contributed by atoms with Crippen molar-refractivity contribution in [1.29, 1.82) is 0 Å². The van der Waals surface area contributed by atoms with E-state index in [2.05, 4.69) is 4.74 Å². The molecule has 27 heavy (non-hydrogen) atoms. The van der Waals surface area contributed by atoms with Gasteiger partial charge in [-0.1, -0.05) is 0 Å². The fourth-order valence-corrected chi connectivity index (χ4v) is 2.38. The van der Waals surface area contributed by atoms with E-state index in [0.29, 0.717) is 0 Å². The van der Waals surface area contributed by atoms with Gasteiger partial charge in [-0.15, -0.1) is 0 Å². The molecule has 2 rings (SSSR count). The molecule has 3 atom stereocenters. The monoisotopic (exact) mass is 383 g/mol. The molecule has 1 aromatic rings. The normalized spacial score (nSPS) is 21.2. The zero-order valence-electron chi connectivity index (χ0n) is 14.5. The van der Waals surface area contributed by atoms with Gasteiger partial charge in [0.2, 0.25) is 6.29 Å². The molecule has 0 unspecified atom stereocenters. The minimum absolute atomic E-state index is 0.0105. The van der Waals surface area contributed by atoms with Gasteiger partial charge in [-0.3, -0.25) is 19.7 Å². The molecule has 0 spiro atoms. The molecule has 0 N–H and O–H groups in total. The van der Waals surface area contributed by atoms with Crippen LogP contribution in [0, 0.1) is 10.1 Å². The number of non-ortho nitro benzene ring substituents is 1. The minimum Gasteiger partial charge on any atom is -0.469 e. The number of benzene rings is 1. The van der Waals surface area contributed by atoms with Crippen molar-refractivity contribution >= 4 is 23.8 Å². The first-order valence-corrected chi connectivity index (χ1v) is 7.81. The second kappa shape index (κ2) is 8.94. The summed E-state index contributed by atoms with van der Waals surface area (Å²) in [6.07, 6.45) is -4.02. The van der Waals surface area contributed by atoms with Crippen molar-refractivity contribution in [3.8, 4) is 5.75 Å². The Bertz CT molecular complexity index is 716. The van der Waals surface area contributed by atoms with Crippen LogP contribution < -0.4 is 4.74 Å². The number of nitro groups is 1. The Hall–Kier alpha value is -3.21. The molecule has 1 fully saturated rings. The van der Waals surface area contributed by atoms with Crippen molar-refractivity contribution < 1.29 is 43.0 Å². The first kappa shape index (κ1) is 20.1. The summed E-state index contributed by atoms with van der Waals surface area (Å²) in [6.45, 7) is 1.20. The topological polar surface area (TPSA) is 141 Å². The average Bonchev–Trinajstić information content (AvgIpc) is 2.95. The van der Waals surface area contributed by atoms with Crippen molar-refractivity contribution in [2.75, 3.05) is 7.11 Å². The smallest absolute Gasteiger partial charge is 0.469 e. The molecule has 1 aliphatic heterocycles. The van der Waals surface area contributed by atoms with Crippen LogP contribution in [0.5, 0.6) is 5.75 Å². The number of hydrogen-bond acceptors (Lipinski definition) is 10. The third-order valence-electron chi connectivity index (χ3n) is 3.56. The van der Waals surface area contributed by atoms with Crippen LogP contribution in [0.15, 0.2) is 24.3 Å². The maximum Gasteiger partial charge on any atom is 0.516 e. The Morgan fingerprint density at radius 1 is 1.22 bits per heavy atom. The van der Waals surface area contributed by atoms with Crippen LogP contribution in [0.4, 0.5) is 10.5 Å². The third kappa shape index (κ3) is 5.92. The van der Waals surface area contributed by atoms with E-state index in [1.807, 2.05) is 0 Å². The van der Waals surface area contributed by atoms with Gasteiger partial charge in [-0.2, -0.15) is 0 Å². The number of ether oxygens (including phenoxy) is 5. The maximum atomic E-state index is 11.8. The fourth-order valence-electron chi connectivity index (χ4n) is 2.38. The number of esters is 2. The number of carbonyl (C=O) groups excluding carboxylic acids is 3. The molecule has 0 saturated carbocycles. The summed E-state index contributed by atoms with van der Waals surface area (Å²) in [5.74, 6) is -1.12. The van der Waals surface area contributed by atoms with Gasteiger partial charge in [0, 0.05) is 19.1 Å². The highest BCUT2D eigenvalue weighted by molar-refractivity contribution is 5.70. The number of hydrogen-bond donors (Lipinski definition) is 0. The highest BCUT2D eigenvalue weighted by atomic mass is 16.8. The summed E-state index contributed by atoms with van der Waals surface area (Å²) >= 11 is 0. The molecule has 1 aliphatic rings. The van der Waals surface area contributed by atoms with Gasteiger partial charge >= 0.3 is 18.1 Å².